The second-order valence-corrected chi connectivity index (χ2v) is 7.19. The Bertz CT molecular complexity index is 689. The van der Waals surface area contributed by atoms with Crippen LogP contribution in [-0.2, 0) is 20.9 Å². The van der Waals surface area contributed by atoms with Gasteiger partial charge in [0.2, 0.25) is 17.7 Å². The maximum Gasteiger partial charge on any atom is 0.289 e. The number of hydrogen-bond acceptors (Lipinski definition) is 6. The molecular formula is C17H22N4O4S. The lowest BCUT2D eigenvalue weighted by Gasteiger charge is -2.15. The van der Waals surface area contributed by atoms with Crippen molar-refractivity contribution in [3.05, 3.63) is 29.8 Å². The van der Waals surface area contributed by atoms with E-state index in [2.05, 4.69) is 10.6 Å². The summed E-state index contributed by atoms with van der Waals surface area (Å²) in [6.07, 6.45) is 0. The first-order chi connectivity index (χ1) is 12.3. The minimum Gasteiger partial charge on any atom is -0.346 e. The van der Waals surface area contributed by atoms with Crippen molar-refractivity contribution in [2.45, 2.75) is 26.4 Å². The molecule has 8 nitrogen and oxygen atoms in total. The lowest BCUT2D eigenvalue weighted by atomic mass is 10.1. The van der Waals surface area contributed by atoms with Gasteiger partial charge in [-0.3, -0.25) is 24.1 Å². The molecular weight excluding hydrogens is 356 g/mol. The smallest absolute Gasteiger partial charge is 0.289 e. The third kappa shape index (κ3) is 5.30. The van der Waals surface area contributed by atoms with Gasteiger partial charge in [-0.05, 0) is 23.6 Å². The largest absolute Gasteiger partial charge is 0.346 e. The van der Waals surface area contributed by atoms with Crippen LogP contribution in [0.3, 0.4) is 0 Å². The van der Waals surface area contributed by atoms with Gasteiger partial charge in [0.25, 0.3) is 5.24 Å². The molecule has 1 aromatic rings. The SMILES string of the molecule is CC(C)[C@H](N)C(=O)NCC(=O)Nc1ccc(CN2C(=O)CSC2=O)cc1. The summed E-state index contributed by atoms with van der Waals surface area (Å²) in [7, 11) is 0. The molecule has 0 radical (unpaired) electrons. The summed E-state index contributed by atoms with van der Waals surface area (Å²) in [5, 5.41) is 4.90. The van der Waals surface area contributed by atoms with Crippen LogP contribution in [0.5, 0.6) is 0 Å². The average molecular weight is 378 g/mol. The number of rotatable bonds is 7. The lowest BCUT2D eigenvalue weighted by Crippen LogP contribution is -2.46. The van der Waals surface area contributed by atoms with E-state index in [-0.39, 0.29) is 47.7 Å². The molecule has 1 aromatic carbocycles. The number of amides is 4. The Morgan fingerprint density at radius 3 is 2.42 bits per heavy atom. The predicted octanol–water partition coefficient (Wildman–Crippen LogP) is 0.920. The van der Waals surface area contributed by atoms with Gasteiger partial charge in [0.15, 0.2) is 0 Å². The number of thioether (sulfide) groups is 1. The van der Waals surface area contributed by atoms with Gasteiger partial charge >= 0.3 is 0 Å². The number of imide groups is 1. The van der Waals surface area contributed by atoms with Gasteiger partial charge in [-0.15, -0.1) is 0 Å². The van der Waals surface area contributed by atoms with Gasteiger partial charge in [-0.25, -0.2) is 0 Å². The highest BCUT2D eigenvalue weighted by atomic mass is 32.2. The Morgan fingerprint density at radius 2 is 1.88 bits per heavy atom. The summed E-state index contributed by atoms with van der Waals surface area (Å²) in [5.41, 5.74) is 7.04. The van der Waals surface area contributed by atoms with Crippen LogP contribution in [0.1, 0.15) is 19.4 Å². The number of nitrogens with one attached hydrogen (secondary N) is 2. The van der Waals surface area contributed by atoms with Crippen LogP contribution < -0.4 is 16.4 Å². The Kier molecular flexibility index (Phi) is 6.76. The molecule has 1 saturated heterocycles. The molecule has 0 bridgehead atoms. The Hall–Kier alpha value is -2.39. The van der Waals surface area contributed by atoms with Crippen LogP contribution in [0.2, 0.25) is 0 Å². The quantitative estimate of drug-likeness (QED) is 0.649. The molecule has 0 unspecified atom stereocenters. The molecule has 1 heterocycles. The van der Waals surface area contributed by atoms with Crippen molar-refractivity contribution in [3.8, 4) is 0 Å². The van der Waals surface area contributed by atoms with Gasteiger partial charge < -0.3 is 16.4 Å². The first-order valence-electron chi connectivity index (χ1n) is 8.17. The maximum absolute atomic E-state index is 11.9. The molecule has 4 N–H and O–H groups in total. The Labute approximate surface area is 155 Å². The van der Waals surface area contributed by atoms with E-state index >= 15 is 0 Å². The molecule has 0 spiro atoms. The molecule has 0 saturated carbocycles. The van der Waals surface area contributed by atoms with Crippen molar-refractivity contribution in [2.75, 3.05) is 17.6 Å². The molecule has 4 amide bonds. The highest BCUT2D eigenvalue weighted by molar-refractivity contribution is 8.14. The first kappa shape index (κ1) is 19.9. The van der Waals surface area contributed by atoms with Gasteiger partial charge in [0.05, 0.1) is 24.9 Å². The van der Waals surface area contributed by atoms with Crippen LogP contribution in [0, 0.1) is 5.92 Å². The first-order valence-corrected chi connectivity index (χ1v) is 9.15. The van der Waals surface area contributed by atoms with Crippen LogP contribution >= 0.6 is 11.8 Å². The van der Waals surface area contributed by atoms with Crippen molar-refractivity contribution < 1.29 is 19.2 Å². The summed E-state index contributed by atoms with van der Waals surface area (Å²) in [5.74, 6) is -0.781. The monoisotopic (exact) mass is 378 g/mol. The van der Waals surface area contributed by atoms with Crippen molar-refractivity contribution in [3.63, 3.8) is 0 Å². The van der Waals surface area contributed by atoms with E-state index in [4.69, 9.17) is 5.73 Å². The van der Waals surface area contributed by atoms with Crippen molar-refractivity contribution >= 4 is 40.4 Å². The van der Waals surface area contributed by atoms with Crippen LogP contribution in [0.25, 0.3) is 0 Å². The number of carbonyl (C=O) groups is 4. The minimum atomic E-state index is -0.656. The van der Waals surface area contributed by atoms with E-state index in [1.165, 1.54) is 4.90 Å². The molecule has 9 heteroatoms. The van der Waals surface area contributed by atoms with Crippen LogP contribution in [0.4, 0.5) is 10.5 Å². The van der Waals surface area contributed by atoms with Gasteiger partial charge in [-0.2, -0.15) is 0 Å². The molecule has 1 aliphatic heterocycles. The second-order valence-electron chi connectivity index (χ2n) is 6.27. The number of nitrogens with zero attached hydrogens (tertiary/aromatic N) is 1. The highest BCUT2D eigenvalue weighted by Crippen LogP contribution is 2.21. The second kappa shape index (κ2) is 8.81. The fourth-order valence-electron chi connectivity index (χ4n) is 2.20. The zero-order valence-electron chi connectivity index (χ0n) is 14.7. The zero-order chi connectivity index (χ0) is 19.3. The van der Waals surface area contributed by atoms with Crippen molar-refractivity contribution in [1.82, 2.24) is 10.2 Å². The number of anilines is 1. The number of carbonyl (C=O) groups excluding carboxylic acids is 4. The van der Waals surface area contributed by atoms with Gasteiger partial charge in [0, 0.05) is 5.69 Å². The molecule has 0 aliphatic carbocycles. The van der Waals surface area contributed by atoms with Crippen LogP contribution in [-0.4, -0.2) is 46.2 Å². The van der Waals surface area contributed by atoms with E-state index in [1.54, 1.807) is 24.3 Å². The zero-order valence-corrected chi connectivity index (χ0v) is 15.5. The predicted molar refractivity (Wildman–Crippen MR) is 99.3 cm³/mol. The normalized spacial score (nSPS) is 15.3. The van der Waals surface area contributed by atoms with E-state index in [0.29, 0.717) is 5.69 Å². The highest BCUT2D eigenvalue weighted by Gasteiger charge is 2.29. The molecule has 1 atom stereocenters. The number of hydrogen-bond donors (Lipinski definition) is 3. The van der Waals surface area contributed by atoms with Gasteiger partial charge in [0.1, 0.15) is 0 Å². The summed E-state index contributed by atoms with van der Waals surface area (Å²) in [6, 6.07) is 6.15. The van der Waals surface area contributed by atoms with Crippen molar-refractivity contribution in [2.24, 2.45) is 11.7 Å². The number of nitrogens with two attached hydrogens (primary N) is 1. The Balaban J connectivity index is 1.83. The standard InChI is InChI=1S/C17H22N4O4S/c1-10(2)15(18)16(24)19-7-13(22)20-12-5-3-11(4-6-12)8-21-14(23)9-26-17(21)25/h3-6,10,15H,7-9,18H2,1-2H3,(H,19,24)(H,20,22)/t15-/m0/s1. The van der Waals surface area contributed by atoms with Gasteiger partial charge in [-0.1, -0.05) is 37.7 Å². The molecule has 1 aliphatic rings. The van der Waals surface area contributed by atoms with E-state index in [0.717, 1.165) is 17.3 Å². The molecule has 0 aromatic heterocycles. The summed E-state index contributed by atoms with van der Waals surface area (Å²) in [6.45, 7) is 3.69. The summed E-state index contributed by atoms with van der Waals surface area (Å²) >= 11 is 0.993. The fraction of sp³-hybridized carbons (Fsp3) is 0.412. The molecule has 26 heavy (non-hydrogen) atoms. The number of benzene rings is 1. The van der Waals surface area contributed by atoms with Crippen LogP contribution in [0.15, 0.2) is 24.3 Å². The summed E-state index contributed by atoms with van der Waals surface area (Å²) < 4.78 is 0. The topological polar surface area (TPSA) is 122 Å². The summed E-state index contributed by atoms with van der Waals surface area (Å²) in [4.78, 5) is 48.0. The molecule has 140 valence electrons. The van der Waals surface area contributed by atoms with E-state index < -0.39 is 6.04 Å². The molecule has 1 fully saturated rings. The van der Waals surface area contributed by atoms with E-state index in [9.17, 15) is 19.2 Å². The minimum absolute atomic E-state index is 0.0154. The molecule has 2 rings (SSSR count). The maximum atomic E-state index is 11.9. The Morgan fingerprint density at radius 1 is 1.23 bits per heavy atom. The third-order valence-electron chi connectivity index (χ3n) is 3.86. The third-order valence-corrected chi connectivity index (χ3v) is 4.72. The fourth-order valence-corrected chi connectivity index (χ4v) is 2.93. The van der Waals surface area contributed by atoms with Crippen molar-refractivity contribution in [1.29, 1.82) is 0 Å². The average Bonchev–Trinajstić information content (AvgIpc) is 2.92. The lowest BCUT2D eigenvalue weighted by molar-refractivity contribution is -0.126. The van der Waals surface area contributed by atoms with E-state index in [1.807, 2.05) is 13.8 Å².